The molecule has 2 aliphatic heterocycles. The van der Waals surface area contributed by atoms with Gasteiger partial charge in [0.15, 0.2) is 6.29 Å². The topological polar surface area (TPSA) is 203 Å². The van der Waals surface area contributed by atoms with E-state index in [1.165, 1.54) is 12.1 Å². The van der Waals surface area contributed by atoms with Crippen LogP contribution in [-0.2, 0) is 45.0 Å². The van der Waals surface area contributed by atoms with E-state index < -0.39 is 59.2 Å². The van der Waals surface area contributed by atoms with Crippen molar-refractivity contribution in [3.8, 4) is 0 Å². The Morgan fingerprint density at radius 2 is 1.79 bits per heavy atom. The first-order valence-corrected chi connectivity index (χ1v) is 19.2. The summed E-state index contributed by atoms with van der Waals surface area (Å²) < 4.78 is 50.8. The Morgan fingerprint density at radius 3 is 2.56 bits per heavy atom. The normalized spacial score (nSPS) is 21.2. The maximum absolute atomic E-state index is 14.2. The van der Waals surface area contributed by atoms with Crippen LogP contribution in [0.1, 0.15) is 44.6 Å². The molecule has 5 rings (SSSR count). The Labute approximate surface area is 303 Å². The fourth-order valence-electron chi connectivity index (χ4n) is 6.35. The lowest BCUT2D eigenvalue weighted by molar-refractivity contribution is -0.145. The van der Waals surface area contributed by atoms with Gasteiger partial charge in [-0.3, -0.25) is 9.63 Å². The van der Waals surface area contributed by atoms with Gasteiger partial charge in [0, 0.05) is 18.8 Å². The van der Waals surface area contributed by atoms with Crippen LogP contribution in [0.3, 0.4) is 0 Å². The summed E-state index contributed by atoms with van der Waals surface area (Å²) >= 11 is 0. The van der Waals surface area contributed by atoms with Crippen molar-refractivity contribution in [3.63, 3.8) is 0 Å². The summed E-state index contributed by atoms with van der Waals surface area (Å²) in [6, 6.07) is 13.9. The van der Waals surface area contributed by atoms with E-state index in [-0.39, 0.29) is 56.2 Å². The summed E-state index contributed by atoms with van der Waals surface area (Å²) in [5.74, 6) is -0.627. The van der Waals surface area contributed by atoms with E-state index in [0.717, 1.165) is 22.9 Å². The molecule has 0 radical (unpaired) electrons. The van der Waals surface area contributed by atoms with Crippen LogP contribution in [0.15, 0.2) is 59.5 Å². The standard InChI is InChI=1S/C35H49N5O11S/c1-2-47-32(42)21-38-34(43)37-17-16-36-25-11-8-14-27(20-25)52(45,46)40(51-26-12-6-7-13-26)22-30(41)29(19-24-9-4-3-5-10-24)39-35(44)50-31-23-49-33-28(31)15-18-48-33/h3-5,8-11,14,20,26,28-31,33,36,41H,2,6-7,12-13,15-19,21-23H2,1H3,(H,39,44)(H2,37,38,43)/t28-,29+,30-,31-,33+/m1/s1. The number of hydrogen-bond donors (Lipinski definition) is 5. The molecule has 16 nitrogen and oxygen atoms in total. The molecule has 5 N–H and O–H groups in total. The Balaban J connectivity index is 1.25. The molecule has 2 saturated heterocycles. The number of nitrogens with one attached hydrogen (secondary N) is 4. The fraction of sp³-hybridized carbons (Fsp3) is 0.571. The molecule has 0 spiro atoms. The molecular formula is C35H49N5O11S. The van der Waals surface area contributed by atoms with Crippen molar-refractivity contribution in [2.45, 2.75) is 81.0 Å². The number of rotatable bonds is 18. The Kier molecular flexibility index (Phi) is 14.5. The molecule has 3 aliphatic rings. The second-order valence-corrected chi connectivity index (χ2v) is 14.7. The minimum absolute atomic E-state index is 0.0764. The SMILES string of the molecule is CCOC(=O)CNC(=O)NCCNc1cccc(S(=O)(=O)N(C[C@@H](O)[C@H](Cc2ccccc2)NC(=O)O[C@@H]2CO[C@@H]3OCC[C@@H]32)OC2CCCC2)c1. The first-order chi connectivity index (χ1) is 25.1. The molecule has 0 unspecified atom stereocenters. The van der Waals surface area contributed by atoms with Gasteiger partial charge in [0.1, 0.15) is 12.6 Å². The van der Waals surface area contributed by atoms with Crippen LogP contribution in [0.4, 0.5) is 15.3 Å². The van der Waals surface area contributed by atoms with Gasteiger partial charge in [-0.2, -0.15) is 0 Å². The lowest BCUT2D eigenvalue weighted by Crippen LogP contribution is -2.51. The number of esters is 1. The summed E-state index contributed by atoms with van der Waals surface area (Å²) in [5, 5.41) is 22.5. The van der Waals surface area contributed by atoms with Gasteiger partial charge in [0.25, 0.3) is 10.0 Å². The van der Waals surface area contributed by atoms with Crippen LogP contribution < -0.4 is 21.3 Å². The number of aliphatic hydroxyl groups is 1. The van der Waals surface area contributed by atoms with Gasteiger partial charge in [-0.25, -0.2) is 18.0 Å². The zero-order valence-electron chi connectivity index (χ0n) is 29.2. The number of nitrogens with zero attached hydrogens (tertiary/aromatic N) is 1. The zero-order chi connectivity index (χ0) is 36.9. The lowest BCUT2D eigenvalue weighted by atomic mass is 10.0. The van der Waals surface area contributed by atoms with Crippen LogP contribution in [0.25, 0.3) is 0 Å². The number of fused-ring (bicyclic) bond motifs is 1. The van der Waals surface area contributed by atoms with Crippen molar-refractivity contribution in [1.82, 2.24) is 20.4 Å². The molecule has 0 bridgehead atoms. The molecule has 286 valence electrons. The number of aliphatic hydroxyl groups excluding tert-OH is 1. The quantitative estimate of drug-likeness (QED) is 0.0848. The van der Waals surface area contributed by atoms with Crippen molar-refractivity contribution >= 4 is 33.8 Å². The molecule has 52 heavy (non-hydrogen) atoms. The highest BCUT2D eigenvalue weighted by molar-refractivity contribution is 7.89. The molecule has 3 amide bonds. The average Bonchev–Trinajstić information content (AvgIpc) is 3.91. The number of amides is 3. The van der Waals surface area contributed by atoms with Gasteiger partial charge in [0.2, 0.25) is 0 Å². The number of sulfonamides is 1. The number of benzene rings is 2. The van der Waals surface area contributed by atoms with Crippen LogP contribution in [0, 0.1) is 5.92 Å². The number of anilines is 1. The highest BCUT2D eigenvalue weighted by Gasteiger charge is 2.44. The summed E-state index contributed by atoms with van der Waals surface area (Å²) in [7, 11) is -4.32. The van der Waals surface area contributed by atoms with Crippen molar-refractivity contribution in [2.75, 3.05) is 51.3 Å². The fourth-order valence-corrected chi connectivity index (χ4v) is 7.70. The lowest BCUT2D eigenvalue weighted by Gasteiger charge is -2.31. The first kappa shape index (κ1) is 39.2. The minimum atomic E-state index is -4.32. The van der Waals surface area contributed by atoms with E-state index >= 15 is 0 Å². The van der Waals surface area contributed by atoms with Crippen LogP contribution in [-0.4, -0.2) is 113 Å². The Bertz CT molecular complexity index is 1580. The van der Waals surface area contributed by atoms with Crippen LogP contribution >= 0.6 is 0 Å². The van der Waals surface area contributed by atoms with Crippen molar-refractivity contribution in [1.29, 1.82) is 0 Å². The third kappa shape index (κ3) is 11.2. The summed E-state index contributed by atoms with van der Waals surface area (Å²) in [5.41, 5.74) is 1.28. The van der Waals surface area contributed by atoms with Gasteiger partial charge in [-0.15, -0.1) is 0 Å². The summed E-state index contributed by atoms with van der Waals surface area (Å²) in [6.07, 6.45) is 0.575. The summed E-state index contributed by atoms with van der Waals surface area (Å²) in [6.45, 7) is 2.30. The predicted molar refractivity (Wildman–Crippen MR) is 187 cm³/mol. The summed E-state index contributed by atoms with van der Waals surface area (Å²) in [4.78, 5) is 42.6. The number of ether oxygens (including phenoxy) is 4. The molecule has 1 saturated carbocycles. The second kappa shape index (κ2) is 19.2. The molecule has 2 aromatic rings. The Morgan fingerprint density at radius 1 is 1.00 bits per heavy atom. The predicted octanol–water partition coefficient (Wildman–Crippen LogP) is 2.29. The van der Waals surface area contributed by atoms with Gasteiger partial charge in [-0.1, -0.05) is 53.7 Å². The molecule has 5 atom stereocenters. The van der Waals surface area contributed by atoms with E-state index in [9.17, 15) is 27.9 Å². The second-order valence-electron chi connectivity index (χ2n) is 12.8. The third-order valence-electron chi connectivity index (χ3n) is 9.05. The smallest absolute Gasteiger partial charge is 0.407 e. The van der Waals surface area contributed by atoms with Gasteiger partial charge < -0.3 is 45.3 Å². The van der Waals surface area contributed by atoms with E-state index in [2.05, 4.69) is 21.3 Å². The zero-order valence-corrected chi connectivity index (χ0v) is 30.1. The average molecular weight is 748 g/mol. The van der Waals surface area contributed by atoms with Crippen LogP contribution in [0.2, 0.25) is 0 Å². The first-order valence-electron chi connectivity index (χ1n) is 17.8. The minimum Gasteiger partial charge on any atom is -0.465 e. The van der Waals surface area contributed by atoms with Crippen molar-refractivity contribution < 1.29 is 51.7 Å². The number of hydrogen-bond acceptors (Lipinski definition) is 12. The number of carbonyl (C=O) groups excluding carboxylic acids is 3. The van der Waals surface area contributed by atoms with Gasteiger partial charge in [0.05, 0.1) is 55.4 Å². The molecule has 1 aliphatic carbocycles. The number of urea groups is 1. The highest BCUT2D eigenvalue weighted by Crippen LogP contribution is 2.33. The third-order valence-corrected chi connectivity index (χ3v) is 10.7. The van der Waals surface area contributed by atoms with Crippen molar-refractivity contribution in [2.24, 2.45) is 5.92 Å². The number of alkyl carbamates (subject to hydrolysis) is 1. The Hall–Kier alpha value is -4.00. The molecular weight excluding hydrogens is 698 g/mol. The van der Waals surface area contributed by atoms with Crippen LogP contribution in [0.5, 0.6) is 0 Å². The van der Waals surface area contributed by atoms with E-state index in [4.69, 9.17) is 23.8 Å². The number of hydroxylamine groups is 1. The molecule has 3 fully saturated rings. The molecule has 0 aromatic heterocycles. The van der Waals surface area contributed by atoms with E-state index in [1.807, 2.05) is 30.3 Å². The highest BCUT2D eigenvalue weighted by atomic mass is 32.2. The van der Waals surface area contributed by atoms with Crippen molar-refractivity contribution in [3.05, 3.63) is 60.2 Å². The van der Waals surface area contributed by atoms with E-state index in [0.29, 0.717) is 31.6 Å². The van der Waals surface area contributed by atoms with Gasteiger partial charge >= 0.3 is 18.1 Å². The monoisotopic (exact) mass is 747 g/mol. The largest absolute Gasteiger partial charge is 0.465 e. The molecule has 17 heteroatoms. The van der Waals surface area contributed by atoms with E-state index in [1.54, 1.807) is 19.1 Å². The maximum Gasteiger partial charge on any atom is 0.407 e. The molecule has 2 heterocycles. The van der Waals surface area contributed by atoms with Gasteiger partial charge in [-0.05, 0) is 56.4 Å². The number of carbonyl (C=O) groups is 3. The molecule has 2 aromatic carbocycles. The maximum atomic E-state index is 14.2.